The topological polar surface area (TPSA) is 12.5 Å². The van der Waals surface area contributed by atoms with Gasteiger partial charge in [0.15, 0.2) is 0 Å². The van der Waals surface area contributed by atoms with Gasteiger partial charge in [0.1, 0.15) is 6.23 Å². The smallest absolute Gasteiger partial charge is 0.355 e. The molecule has 0 saturated heterocycles. The summed E-state index contributed by atoms with van der Waals surface area (Å²) >= 11 is 0. The lowest BCUT2D eigenvalue weighted by atomic mass is 10.4. The predicted molar refractivity (Wildman–Crippen MR) is 32.4 cm³/mol. The van der Waals surface area contributed by atoms with Crippen molar-refractivity contribution in [3.05, 3.63) is 12.3 Å². The van der Waals surface area contributed by atoms with Gasteiger partial charge < -0.3 is 4.90 Å². The first kappa shape index (κ1) is 8.39. The molecule has 0 aromatic carbocycles. The van der Waals surface area contributed by atoms with Gasteiger partial charge in [-0.3, -0.25) is 4.74 Å². The fourth-order valence-corrected chi connectivity index (χ4v) is 0.891. The number of halogens is 3. The molecule has 0 aromatic heterocycles. The fourth-order valence-electron chi connectivity index (χ4n) is 0.891. The van der Waals surface area contributed by atoms with Crippen molar-refractivity contribution >= 4 is 0 Å². The van der Waals surface area contributed by atoms with Gasteiger partial charge in [-0.1, -0.05) is 6.08 Å². The minimum atomic E-state index is -4.54. The Hall–Kier alpha value is -0.710. The van der Waals surface area contributed by atoms with E-state index in [4.69, 9.17) is 0 Å². The summed E-state index contributed by atoms with van der Waals surface area (Å²) < 4.78 is 38.6. The largest absolute Gasteiger partial charge is 0.524 e. The summed E-state index contributed by atoms with van der Waals surface area (Å²) in [4.78, 5) is 1.38. The van der Waals surface area contributed by atoms with Crippen molar-refractivity contribution in [2.45, 2.75) is 19.0 Å². The van der Waals surface area contributed by atoms with Gasteiger partial charge in [0.2, 0.25) is 0 Å². The minimum Gasteiger partial charge on any atom is -0.355 e. The maximum Gasteiger partial charge on any atom is 0.524 e. The van der Waals surface area contributed by atoms with Crippen LogP contribution >= 0.6 is 0 Å². The lowest BCUT2D eigenvalue weighted by molar-refractivity contribution is -0.354. The molecule has 1 heterocycles. The van der Waals surface area contributed by atoms with Crippen LogP contribution in [0, 0.1) is 0 Å². The molecule has 0 fully saturated rings. The number of hydrogen-bond acceptors (Lipinski definition) is 2. The highest BCUT2D eigenvalue weighted by Gasteiger charge is 2.35. The lowest BCUT2D eigenvalue weighted by Gasteiger charge is -2.21. The predicted octanol–water partition coefficient (Wildman–Crippen LogP) is 1.70. The van der Waals surface area contributed by atoms with Gasteiger partial charge in [-0.25, -0.2) is 0 Å². The zero-order chi connectivity index (χ0) is 8.48. The Morgan fingerprint density at radius 2 is 2.18 bits per heavy atom. The van der Waals surface area contributed by atoms with Gasteiger partial charge in [0.05, 0.1) is 0 Å². The number of ether oxygens (including phenoxy) is 1. The molecule has 1 unspecified atom stereocenters. The number of rotatable bonds is 1. The summed E-state index contributed by atoms with van der Waals surface area (Å²) in [5.74, 6) is 0. The molecule has 0 N–H and O–H groups in total. The van der Waals surface area contributed by atoms with Crippen LogP contribution in [-0.4, -0.2) is 24.5 Å². The average Bonchev–Trinajstić information content (AvgIpc) is 2.12. The van der Waals surface area contributed by atoms with E-state index >= 15 is 0 Å². The lowest BCUT2D eigenvalue weighted by Crippen LogP contribution is -2.31. The highest BCUT2D eigenvalue weighted by atomic mass is 19.4. The van der Waals surface area contributed by atoms with Crippen LogP contribution in [0.15, 0.2) is 12.3 Å². The minimum absolute atomic E-state index is 0.288. The summed E-state index contributed by atoms with van der Waals surface area (Å²) in [6.07, 6.45) is -1.93. The van der Waals surface area contributed by atoms with E-state index in [1.165, 1.54) is 4.90 Å². The van der Waals surface area contributed by atoms with E-state index in [0.29, 0.717) is 0 Å². The highest BCUT2D eigenvalue weighted by molar-refractivity contribution is 4.92. The van der Waals surface area contributed by atoms with Gasteiger partial charge in [0.25, 0.3) is 0 Å². The molecular formula is C6H8F3NO. The Labute approximate surface area is 62.2 Å². The molecule has 0 radical (unpaired) electrons. The third-order valence-corrected chi connectivity index (χ3v) is 1.40. The van der Waals surface area contributed by atoms with Crippen molar-refractivity contribution in [1.29, 1.82) is 0 Å². The van der Waals surface area contributed by atoms with Crippen molar-refractivity contribution in [3.8, 4) is 0 Å². The third-order valence-electron chi connectivity index (χ3n) is 1.40. The first-order valence-electron chi connectivity index (χ1n) is 3.12. The SMILES string of the molecule is CN1C=CCC1OC(F)(F)F. The van der Waals surface area contributed by atoms with Crippen LogP contribution in [0.3, 0.4) is 0 Å². The molecule has 11 heavy (non-hydrogen) atoms. The van der Waals surface area contributed by atoms with Crippen LogP contribution in [0.25, 0.3) is 0 Å². The molecule has 0 bridgehead atoms. The molecule has 1 aliphatic rings. The number of alkyl halides is 3. The van der Waals surface area contributed by atoms with Crippen LogP contribution in [0.5, 0.6) is 0 Å². The van der Waals surface area contributed by atoms with E-state index in [0.717, 1.165) is 0 Å². The van der Waals surface area contributed by atoms with E-state index in [1.54, 1.807) is 19.3 Å². The molecule has 0 aromatic rings. The second kappa shape index (κ2) is 2.73. The van der Waals surface area contributed by atoms with E-state index in [1.807, 2.05) is 0 Å². The summed E-state index contributed by atoms with van der Waals surface area (Å²) in [6, 6.07) is 0. The van der Waals surface area contributed by atoms with Gasteiger partial charge in [-0.05, 0) is 6.20 Å². The van der Waals surface area contributed by atoms with Crippen LogP contribution in [-0.2, 0) is 4.74 Å². The quantitative estimate of drug-likeness (QED) is 0.589. The van der Waals surface area contributed by atoms with Crippen LogP contribution in [0.1, 0.15) is 6.42 Å². The van der Waals surface area contributed by atoms with E-state index in [9.17, 15) is 13.2 Å². The van der Waals surface area contributed by atoms with Crippen molar-refractivity contribution in [2.24, 2.45) is 0 Å². The summed E-state index contributed by atoms with van der Waals surface area (Å²) in [7, 11) is 1.54. The normalized spacial score (nSPS) is 24.7. The van der Waals surface area contributed by atoms with Crippen LogP contribution < -0.4 is 0 Å². The zero-order valence-corrected chi connectivity index (χ0v) is 5.93. The van der Waals surface area contributed by atoms with Gasteiger partial charge in [-0.2, -0.15) is 0 Å². The molecule has 2 nitrogen and oxygen atoms in total. The second-order valence-corrected chi connectivity index (χ2v) is 2.30. The maximum atomic E-state index is 11.6. The molecule has 0 spiro atoms. The fraction of sp³-hybridized carbons (Fsp3) is 0.667. The first-order valence-corrected chi connectivity index (χ1v) is 3.12. The maximum absolute atomic E-state index is 11.6. The van der Waals surface area contributed by atoms with Gasteiger partial charge in [0, 0.05) is 13.5 Å². The van der Waals surface area contributed by atoms with Crippen molar-refractivity contribution in [2.75, 3.05) is 7.05 Å². The van der Waals surface area contributed by atoms with Crippen molar-refractivity contribution in [3.63, 3.8) is 0 Å². The molecule has 1 aliphatic heterocycles. The summed E-state index contributed by atoms with van der Waals surface area (Å²) in [6.45, 7) is 0. The summed E-state index contributed by atoms with van der Waals surface area (Å²) in [5.41, 5.74) is 0. The van der Waals surface area contributed by atoms with Crippen LogP contribution in [0.4, 0.5) is 13.2 Å². The Bertz CT molecular complexity index is 166. The molecule has 1 atom stereocenters. The van der Waals surface area contributed by atoms with E-state index in [-0.39, 0.29) is 6.42 Å². The zero-order valence-electron chi connectivity index (χ0n) is 5.93. The van der Waals surface area contributed by atoms with Crippen molar-refractivity contribution in [1.82, 2.24) is 4.90 Å². The molecule has 0 amide bonds. The average molecular weight is 167 g/mol. The second-order valence-electron chi connectivity index (χ2n) is 2.30. The highest BCUT2D eigenvalue weighted by Crippen LogP contribution is 2.24. The Morgan fingerprint density at radius 1 is 1.55 bits per heavy atom. The Kier molecular flexibility index (Phi) is 2.08. The third kappa shape index (κ3) is 2.42. The standard InChI is InChI=1S/C6H8F3NO/c1-10-4-2-3-5(10)11-6(7,8)9/h2,4-5H,3H2,1H3. The van der Waals surface area contributed by atoms with Gasteiger partial charge >= 0.3 is 6.36 Å². The van der Waals surface area contributed by atoms with Crippen LogP contribution in [0.2, 0.25) is 0 Å². The molecule has 0 aliphatic carbocycles. The van der Waals surface area contributed by atoms with E-state index < -0.39 is 12.6 Å². The molecule has 64 valence electrons. The van der Waals surface area contributed by atoms with Gasteiger partial charge in [-0.15, -0.1) is 13.2 Å². The molecule has 1 rings (SSSR count). The monoisotopic (exact) mass is 167 g/mol. The Balaban J connectivity index is 2.40. The molecule has 5 heteroatoms. The Morgan fingerprint density at radius 3 is 2.55 bits per heavy atom. The number of nitrogens with zero attached hydrogens (tertiary/aromatic N) is 1. The summed E-state index contributed by atoms with van der Waals surface area (Å²) in [5, 5.41) is 0. The first-order chi connectivity index (χ1) is 4.99. The molecule has 0 saturated carbocycles. The number of hydrogen-bond donors (Lipinski definition) is 0. The van der Waals surface area contributed by atoms with Crippen molar-refractivity contribution < 1.29 is 17.9 Å². The van der Waals surface area contributed by atoms with E-state index in [2.05, 4.69) is 4.74 Å². The molecular weight excluding hydrogens is 159 g/mol.